The summed E-state index contributed by atoms with van der Waals surface area (Å²) in [5, 5.41) is 4.22. The molecule has 2 rings (SSSR count). The number of hydrogen-bond donors (Lipinski definition) is 0. The molecule has 0 aliphatic heterocycles. The summed E-state index contributed by atoms with van der Waals surface area (Å²) in [5.41, 5.74) is 2.98. The molecule has 0 fully saturated rings. The Balaban J connectivity index is 2.48. The van der Waals surface area contributed by atoms with E-state index in [1.54, 1.807) is 31.0 Å². The van der Waals surface area contributed by atoms with Crippen molar-refractivity contribution in [3.05, 3.63) is 35.8 Å². The van der Waals surface area contributed by atoms with Gasteiger partial charge in [-0.3, -0.25) is 9.67 Å². The van der Waals surface area contributed by atoms with E-state index in [1.807, 2.05) is 19.1 Å². The Hall–Kier alpha value is -2.17. The lowest BCUT2D eigenvalue weighted by Gasteiger charge is -2.02. The average Bonchev–Trinajstić information content (AvgIpc) is 2.66. The highest BCUT2D eigenvalue weighted by Gasteiger charge is 2.20. The van der Waals surface area contributed by atoms with Crippen LogP contribution in [0.3, 0.4) is 0 Å². The van der Waals surface area contributed by atoms with Crippen molar-refractivity contribution < 1.29 is 9.53 Å². The second-order valence-corrected chi connectivity index (χ2v) is 3.91. The number of carbonyl (C=O) groups is 1. The van der Waals surface area contributed by atoms with Crippen molar-refractivity contribution in [2.24, 2.45) is 7.05 Å². The number of rotatable bonds is 3. The van der Waals surface area contributed by atoms with Crippen molar-refractivity contribution in [2.45, 2.75) is 13.8 Å². The predicted octanol–water partition coefficient (Wildman–Crippen LogP) is 1.97. The number of aryl methyl sites for hydroxylation is 1. The Bertz CT molecular complexity index is 561. The molecule has 0 amide bonds. The highest BCUT2D eigenvalue weighted by atomic mass is 16.5. The van der Waals surface area contributed by atoms with Crippen molar-refractivity contribution in [3.8, 4) is 11.3 Å². The van der Waals surface area contributed by atoms with E-state index in [2.05, 4.69) is 10.1 Å². The summed E-state index contributed by atoms with van der Waals surface area (Å²) in [4.78, 5) is 15.8. The van der Waals surface area contributed by atoms with Crippen LogP contribution in [0.5, 0.6) is 0 Å². The summed E-state index contributed by atoms with van der Waals surface area (Å²) in [6, 6.07) is 3.79. The van der Waals surface area contributed by atoms with Crippen LogP contribution in [0.25, 0.3) is 11.3 Å². The van der Waals surface area contributed by atoms with Crippen LogP contribution >= 0.6 is 0 Å². The van der Waals surface area contributed by atoms with E-state index >= 15 is 0 Å². The number of aromatic nitrogens is 3. The first-order chi connectivity index (χ1) is 8.65. The van der Waals surface area contributed by atoms with Gasteiger partial charge in [0.1, 0.15) is 0 Å². The molecule has 0 atom stereocenters. The second-order valence-electron chi connectivity index (χ2n) is 3.91. The standard InChI is InChI=1S/C13H15N3O2/c1-4-18-13(17)11-9(2)12(16(3)15-11)10-6-5-7-14-8-10/h5-8H,4H2,1-3H3. The van der Waals surface area contributed by atoms with Gasteiger partial charge in [-0.25, -0.2) is 4.79 Å². The Morgan fingerprint density at radius 3 is 2.89 bits per heavy atom. The average molecular weight is 245 g/mol. The van der Waals surface area contributed by atoms with Gasteiger partial charge in [-0.2, -0.15) is 5.10 Å². The molecule has 0 N–H and O–H groups in total. The summed E-state index contributed by atoms with van der Waals surface area (Å²) in [6.45, 7) is 3.98. The lowest BCUT2D eigenvalue weighted by atomic mass is 10.1. The molecule has 18 heavy (non-hydrogen) atoms. The number of pyridine rings is 1. The van der Waals surface area contributed by atoms with Crippen molar-refractivity contribution in [3.63, 3.8) is 0 Å². The minimum atomic E-state index is -0.388. The molecule has 0 aliphatic rings. The smallest absolute Gasteiger partial charge is 0.359 e. The van der Waals surface area contributed by atoms with E-state index in [-0.39, 0.29) is 5.97 Å². The fraction of sp³-hybridized carbons (Fsp3) is 0.308. The van der Waals surface area contributed by atoms with Crippen LogP contribution in [0.15, 0.2) is 24.5 Å². The predicted molar refractivity (Wildman–Crippen MR) is 67.1 cm³/mol. The Kier molecular flexibility index (Phi) is 3.41. The van der Waals surface area contributed by atoms with Crippen molar-refractivity contribution >= 4 is 5.97 Å². The molecule has 2 aromatic rings. The monoisotopic (exact) mass is 245 g/mol. The zero-order chi connectivity index (χ0) is 13.1. The Morgan fingerprint density at radius 1 is 1.50 bits per heavy atom. The molecule has 0 unspecified atom stereocenters. The van der Waals surface area contributed by atoms with Gasteiger partial charge in [0.2, 0.25) is 0 Å². The molecular weight excluding hydrogens is 230 g/mol. The van der Waals surface area contributed by atoms with Gasteiger partial charge in [-0.1, -0.05) is 0 Å². The van der Waals surface area contributed by atoms with Crippen molar-refractivity contribution in [1.82, 2.24) is 14.8 Å². The van der Waals surface area contributed by atoms with Crippen LogP contribution < -0.4 is 0 Å². The number of nitrogens with zero attached hydrogens (tertiary/aromatic N) is 3. The topological polar surface area (TPSA) is 57.0 Å². The second kappa shape index (κ2) is 5.00. The summed E-state index contributed by atoms with van der Waals surface area (Å²) in [6.07, 6.45) is 3.46. The quantitative estimate of drug-likeness (QED) is 0.776. The normalized spacial score (nSPS) is 10.4. The third kappa shape index (κ3) is 2.11. The maximum absolute atomic E-state index is 11.7. The van der Waals surface area contributed by atoms with E-state index in [1.165, 1.54) is 0 Å². The Labute approximate surface area is 105 Å². The number of hydrogen-bond acceptors (Lipinski definition) is 4. The minimum Gasteiger partial charge on any atom is -0.461 e. The number of ether oxygens (including phenoxy) is 1. The fourth-order valence-corrected chi connectivity index (χ4v) is 1.93. The maximum atomic E-state index is 11.7. The molecule has 94 valence electrons. The lowest BCUT2D eigenvalue weighted by Crippen LogP contribution is -2.07. The van der Waals surface area contributed by atoms with E-state index in [0.29, 0.717) is 12.3 Å². The zero-order valence-electron chi connectivity index (χ0n) is 10.7. The summed E-state index contributed by atoms with van der Waals surface area (Å²) >= 11 is 0. The van der Waals surface area contributed by atoms with Gasteiger partial charge in [0.25, 0.3) is 0 Å². The first-order valence-corrected chi connectivity index (χ1v) is 5.76. The van der Waals surface area contributed by atoms with Gasteiger partial charge in [-0.05, 0) is 26.0 Å². The van der Waals surface area contributed by atoms with Crippen molar-refractivity contribution in [2.75, 3.05) is 6.61 Å². The summed E-state index contributed by atoms with van der Waals surface area (Å²) < 4.78 is 6.66. The first-order valence-electron chi connectivity index (χ1n) is 5.76. The van der Waals surface area contributed by atoms with E-state index in [4.69, 9.17) is 4.74 Å². The molecule has 0 bridgehead atoms. The Morgan fingerprint density at radius 2 is 2.28 bits per heavy atom. The highest BCUT2D eigenvalue weighted by molar-refractivity contribution is 5.91. The molecule has 5 nitrogen and oxygen atoms in total. The molecule has 0 radical (unpaired) electrons. The highest BCUT2D eigenvalue weighted by Crippen LogP contribution is 2.24. The van der Waals surface area contributed by atoms with Crippen LogP contribution in [-0.4, -0.2) is 27.3 Å². The molecule has 0 aromatic carbocycles. The van der Waals surface area contributed by atoms with E-state index in [9.17, 15) is 4.79 Å². The van der Waals surface area contributed by atoms with Crippen LogP contribution in [0.1, 0.15) is 23.0 Å². The molecule has 2 heterocycles. The van der Waals surface area contributed by atoms with Gasteiger partial charge < -0.3 is 4.74 Å². The zero-order valence-corrected chi connectivity index (χ0v) is 10.7. The van der Waals surface area contributed by atoms with Crippen molar-refractivity contribution in [1.29, 1.82) is 0 Å². The molecule has 5 heteroatoms. The van der Waals surface area contributed by atoms with Crippen LogP contribution in [0, 0.1) is 6.92 Å². The number of carbonyl (C=O) groups excluding carboxylic acids is 1. The van der Waals surface area contributed by atoms with E-state index in [0.717, 1.165) is 16.8 Å². The molecule has 0 saturated carbocycles. The van der Waals surface area contributed by atoms with Gasteiger partial charge in [-0.15, -0.1) is 0 Å². The van der Waals surface area contributed by atoms with Crippen LogP contribution in [0.4, 0.5) is 0 Å². The van der Waals surface area contributed by atoms with Gasteiger partial charge >= 0.3 is 5.97 Å². The van der Waals surface area contributed by atoms with E-state index < -0.39 is 0 Å². The molecule has 2 aromatic heterocycles. The summed E-state index contributed by atoms with van der Waals surface area (Å²) in [7, 11) is 1.80. The first kappa shape index (κ1) is 12.3. The third-order valence-corrected chi connectivity index (χ3v) is 2.69. The minimum absolute atomic E-state index is 0.344. The largest absolute Gasteiger partial charge is 0.461 e. The molecule has 0 spiro atoms. The molecule has 0 aliphatic carbocycles. The number of esters is 1. The van der Waals surface area contributed by atoms with Gasteiger partial charge in [0.15, 0.2) is 5.69 Å². The fourth-order valence-electron chi connectivity index (χ4n) is 1.93. The summed E-state index contributed by atoms with van der Waals surface area (Å²) in [5.74, 6) is -0.388. The van der Waals surface area contributed by atoms with Crippen LogP contribution in [-0.2, 0) is 11.8 Å². The molecular formula is C13H15N3O2. The van der Waals surface area contributed by atoms with Gasteiger partial charge in [0.05, 0.1) is 12.3 Å². The maximum Gasteiger partial charge on any atom is 0.359 e. The molecule has 0 saturated heterocycles. The SMILES string of the molecule is CCOC(=O)c1nn(C)c(-c2cccnc2)c1C. The third-order valence-electron chi connectivity index (χ3n) is 2.69. The van der Waals surface area contributed by atoms with Crippen LogP contribution in [0.2, 0.25) is 0 Å². The lowest BCUT2D eigenvalue weighted by molar-refractivity contribution is 0.0518. The van der Waals surface area contributed by atoms with Gasteiger partial charge in [0, 0.05) is 30.6 Å².